The fourth-order valence-electron chi connectivity index (χ4n) is 3.11. The molecule has 0 spiro atoms. The van der Waals surface area contributed by atoms with Crippen LogP contribution in [0.3, 0.4) is 0 Å². The molecule has 0 heterocycles. The molecule has 0 saturated heterocycles. The zero-order valence-corrected chi connectivity index (χ0v) is 15.2. The van der Waals surface area contributed by atoms with Gasteiger partial charge in [0.1, 0.15) is 16.3 Å². The monoisotopic (exact) mass is 376 g/mol. The van der Waals surface area contributed by atoms with Crippen LogP contribution in [-0.4, -0.2) is 25.7 Å². The van der Waals surface area contributed by atoms with Gasteiger partial charge in [-0.25, -0.2) is 8.42 Å². The lowest BCUT2D eigenvalue weighted by Crippen LogP contribution is -2.10. The Morgan fingerprint density at radius 1 is 1.15 bits per heavy atom. The zero-order valence-electron chi connectivity index (χ0n) is 14.3. The molecular formula is C18H20N2O5S. The van der Waals surface area contributed by atoms with Crippen molar-refractivity contribution in [2.75, 3.05) is 11.6 Å². The average molecular weight is 376 g/mol. The van der Waals surface area contributed by atoms with Crippen LogP contribution in [0.25, 0.3) is 0 Å². The number of nitrogens with one attached hydrogen (secondary N) is 1. The lowest BCUT2D eigenvalue weighted by Gasteiger charge is -2.15. The summed E-state index contributed by atoms with van der Waals surface area (Å²) >= 11 is 0. The molecular weight excluding hydrogens is 356 g/mol. The van der Waals surface area contributed by atoms with Crippen LogP contribution >= 0.6 is 0 Å². The molecule has 0 bridgehead atoms. The van der Waals surface area contributed by atoms with Crippen molar-refractivity contribution in [1.29, 1.82) is 0 Å². The largest absolute Gasteiger partial charge is 0.490 e. The molecule has 0 aromatic heterocycles. The first-order valence-corrected chi connectivity index (χ1v) is 10.2. The number of benzene rings is 2. The van der Waals surface area contributed by atoms with Crippen molar-refractivity contribution >= 4 is 26.9 Å². The van der Waals surface area contributed by atoms with Gasteiger partial charge in [-0.3, -0.25) is 10.1 Å². The second-order valence-corrected chi connectivity index (χ2v) is 8.34. The Balaban J connectivity index is 1.90. The number of para-hydroxylation sites is 1. The van der Waals surface area contributed by atoms with Crippen molar-refractivity contribution in [2.45, 2.75) is 36.7 Å². The summed E-state index contributed by atoms with van der Waals surface area (Å²) in [7, 11) is -3.72. The molecule has 1 aliphatic carbocycles. The van der Waals surface area contributed by atoms with Gasteiger partial charge in [0.25, 0.3) is 0 Å². The molecule has 0 radical (unpaired) electrons. The Morgan fingerprint density at radius 2 is 1.85 bits per heavy atom. The SMILES string of the molecule is CS(=O)(=O)c1cccc(Nc2cccc(OC3CCCC3)c2)c1[N+](=O)[O-]. The minimum atomic E-state index is -3.72. The predicted molar refractivity (Wildman–Crippen MR) is 98.8 cm³/mol. The number of sulfone groups is 1. The first-order chi connectivity index (χ1) is 12.3. The highest BCUT2D eigenvalue weighted by molar-refractivity contribution is 7.90. The first-order valence-electron chi connectivity index (χ1n) is 8.36. The summed E-state index contributed by atoms with van der Waals surface area (Å²) in [6.45, 7) is 0. The van der Waals surface area contributed by atoms with E-state index >= 15 is 0 Å². The molecule has 8 heteroatoms. The highest BCUT2D eigenvalue weighted by atomic mass is 32.2. The van der Waals surface area contributed by atoms with Crippen LogP contribution in [0.4, 0.5) is 17.1 Å². The summed E-state index contributed by atoms with van der Waals surface area (Å²) in [5.41, 5.74) is 0.252. The van der Waals surface area contributed by atoms with Crippen molar-refractivity contribution < 1.29 is 18.1 Å². The van der Waals surface area contributed by atoms with Gasteiger partial charge in [-0.15, -0.1) is 0 Å². The van der Waals surface area contributed by atoms with Gasteiger partial charge in [0, 0.05) is 18.0 Å². The molecule has 3 rings (SSSR count). The Kier molecular flexibility index (Phi) is 5.13. The summed E-state index contributed by atoms with van der Waals surface area (Å²) in [6.07, 6.45) is 5.53. The second-order valence-electron chi connectivity index (χ2n) is 6.36. The number of nitro benzene ring substituents is 1. The molecule has 2 aromatic carbocycles. The lowest BCUT2D eigenvalue weighted by atomic mass is 10.2. The van der Waals surface area contributed by atoms with Crippen LogP contribution < -0.4 is 10.1 Å². The molecule has 7 nitrogen and oxygen atoms in total. The quantitative estimate of drug-likeness (QED) is 0.603. The third kappa shape index (κ3) is 4.13. The van der Waals surface area contributed by atoms with Crippen LogP contribution in [0.5, 0.6) is 5.75 Å². The number of nitro groups is 1. The molecule has 138 valence electrons. The van der Waals surface area contributed by atoms with Crippen LogP contribution in [-0.2, 0) is 9.84 Å². The number of hydrogen-bond donors (Lipinski definition) is 1. The molecule has 0 amide bonds. The van der Waals surface area contributed by atoms with Crippen LogP contribution in [0.15, 0.2) is 47.4 Å². The van der Waals surface area contributed by atoms with Gasteiger partial charge in [-0.05, 0) is 49.9 Å². The summed E-state index contributed by atoms with van der Waals surface area (Å²) in [5.74, 6) is 0.684. The van der Waals surface area contributed by atoms with Gasteiger partial charge in [0.15, 0.2) is 9.84 Å². The van der Waals surface area contributed by atoms with E-state index in [1.807, 2.05) is 6.07 Å². The predicted octanol–water partition coefficient (Wildman–Crippen LogP) is 4.06. The number of nitrogens with zero attached hydrogens (tertiary/aromatic N) is 1. The molecule has 0 unspecified atom stereocenters. The second kappa shape index (κ2) is 7.33. The fraction of sp³-hybridized carbons (Fsp3) is 0.333. The van der Waals surface area contributed by atoms with Gasteiger partial charge >= 0.3 is 5.69 Å². The smallest absolute Gasteiger partial charge is 0.311 e. The van der Waals surface area contributed by atoms with Crippen molar-refractivity contribution in [1.82, 2.24) is 0 Å². The van der Waals surface area contributed by atoms with E-state index in [2.05, 4.69) is 5.32 Å². The maximum absolute atomic E-state index is 11.9. The van der Waals surface area contributed by atoms with E-state index in [9.17, 15) is 18.5 Å². The number of rotatable bonds is 6. The molecule has 26 heavy (non-hydrogen) atoms. The standard InChI is InChI=1S/C18H20N2O5S/c1-26(23,24)17-11-5-10-16(18(17)20(21)22)19-13-6-4-9-15(12-13)25-14-7-2-3-8-14/h4-6,9-12,14,19H,2-3,7-8H2,1H3. The van der Waals surface area contributed by atoms with Crippen LogP contribution in [0, 0.1) is 10.1 Å². The fourth-order valence-corrected chi connectivity index (χ4v) is 3.97. The zero-order chi connectivity index (χ0) is 18.7. The van der Waals surface area contributed by atoms with Crippen molar-refractivity contribution in [2.24, 2.45) is 0 Å². The highest BCUT2D eigenvalue weighted by Crippen LogP contribution is 2.35. The Hall–Kier alpha value is -2.61. The van der Waals surface area contributed by atoms with E-state index in [1.54, 1.807) is 18.2 Å². The van der Waals surface area contributed by atoms with Gasteiger partial charge in [-0.1, -0.05) is 12.1 Å². The van der Waals surface area contributed by atoms with E-state index < -0.39 is 20.4 Å². The van der Waals surface area contributed by atoms with Gasteiger partial charge in [-0.2, -0.15) is 0 Å². The maximum atomic E-state index is 11.9. The summed E-state index contributed by atoms with van der Waals surface area (Å²) in [4.78, 5) is 10.5. The molecule has 1 fully saturated rings. The van der Waals surface area contributed by atoms with E-state index in [4.69, 9.17) is 4.74 Å². The van der Waals surface area contributed by atoms with Crippen molar-refractivity contribution in [3.8, 4) is 5.75 Å². The van der Waals surface area contributed by atoms with E-state index in [-0.39, 0.29) is 16.7 Å². The normalized spacial score (nSPS) is 15.0. The molecule has 1 aliphatic rings. The third-order valence-electron chi connectivity index (χ3n) is 4.30. The molecule has 2 aromatic rings. The Morgan fingerprint density at radius 3 is 2.50 bits per heavy atom. The van der Waals surface area contributed by atoms with Crippen molar-refractivity contribution in [3.63, 3.8) is 0 Å². The maximum Gasteiger partial charge on any atom is 0.311 e. The molecule has 0 aliphatic heterocycles. The third-order valence-corrected chi connectivity index (χ3v) is 5.43. The van der Waals surface area contributed by atoms with Crippen molar-refractivity contribution in [3.05, 3.63) is 52.6 Å². The number of ether oxygens (including phenoxy) is 1. The minimum absolute atomic E-state index is 0.121. The number of hydrogen-bond acceptors (Lipinski definition) is 6. The van der Waals surface area contributed by atoms with Gasteiger partial charge < -0.3 is 10.1 Å². The van der Waals surface area contributed by atoms with Gasteiger partial charge in [0.05, 0.1) is 11.0 Å². The van der Waals surface area contributed by atoms with Crippen LogP contribution in [0.1, 0.15) is 25.7 Å². The average Bonchev–Trinajstić information content (AvgIpc) is 3.07. The van der Waals surface area contributed by atoms with Crippen LogP contribution in [0.2, 0.25) is 0 Å². The lowest BCUT2D eigenvalue weighted by molar-refractivity contribution is -0.386. The van der Waals surface area contributed by atoms with E-state index in [0.29, 0.717) is 11.4 Å². The molecule has 1 saturated carbocycles. The van der Waals surface area contributed by atoms with Gasteiger partial charge in [0.2, 0.25) is 0 Å². The topological polar surface area (TPSA) is 98.5 Å². The summed E-state index contributed by atoms with van der Waals surface area (Å²) < 4.78 is 29.7. The molecule has 1 N–H and O–H groups in total. The highest BCUT2D eigenvalue weighted by Gasteiger charge is 2.26. The van der Waals surface area contributed by atoms with E-state index in [0.717, 1.165) is 31.9 Å². The minimum Gasteiger partial charge on any atom is -0.490 e. The summed E-state index contributed by atoms with van der Waals surface area (Å²) in [6, 6.07) is 11.3. The first kappa shape index (κ1) is 18.2. The number of anilines is 2. The molecule has 0 atom stereocenters. The van der Waals surface area contributed by atoms with E-state index in [1.165, 1.54) is 18.2 Å². The summed E-state index contributed by atoms with van der Waals surface area (Å²) in [5, 5.41) is 14.4. The Bertz CT molecular complexity index is 921. The Labute approximate surface area is 152 Å².